The lowest BCUT2D eigenvalue weighted by atomic mass is 10.3. The highest BCUT2D eigenvalue weighted by molar-refractivity contribution is 7.99. The molecular weight excluding hydrogens is 256 g/mol. The molecule has 0 amide bonds. The predicted molar refractivity (Wildman–Crippen MR) is 78.3 cm³/mol. The van der Waals surface area contributed by atoms with Gasteiger partial charge in [0.2, 0.25) is 0 Å². The molecule has 5 heteroatoms. The normalized spacial score (nSPS) is 11.3. The van der Waals surface area contributed by atoms with Gasteiger partial charge in [-0.15, -0.1) is 0 Å². The molecule has 0 spiro atoms. The van der Waals surface area contributed by atoms with Crippen LogP contribution in [0.4, 0.5) is 0 Å². The van der Waals surface area contributed by atoms with Gasteiger partial charge in [0.1, 0.15) is 5.03 Å². The fourth-order valence-electron chi connectivity index (χ4n) is 2.25. The monoisotopic (exact) mass is 272 g/mol. The molecular formula is C14H16N4S. The zero-order valence-corrected chi connectivity index (χ0v) is 11.8. The van der Waals surface area contributed by atoms with Crippen LogP contribution in [0.15, 0.2) is 40.4 Å². The molecule has 2 heterocycles. The fraction of sp³-hybridized carbons (Fsp3) is 0.214. The number of aromatic nitrogens is 3. The van der Waals surface area contributed by atoms with Crippen LogP contribution in [0.5, 0.6) is 0 Å². The van der Waals surface area contributed by atoms with Gasteiger partial charge in [-0.3, -0.25) is 4.68 Å². The smallest absolute Gasteiger partial charge is 0.105 e. The Labute approximate surface area is 116 Å². The van der Waals surface area contributed by atoms with Crippen LogP contribution in [-0.4, -0.2) is 14.8 Å². The number of nitrogens with zero attached hydrogens (tertiary/aromatic N) is 2. The highest BCUT2D eigenvalue weighted by atomic mass is 32.2. The highest BCUT2D eigenvalue weighted by Crippen LogP contribution is 2.32. The van der Waals surface area contributed by atoms with Crippen LogP contribution in [0.2, 0.25) is 0 Å². The molecule has 0 saturated carbocycles. The van der Waals surface area contributed by atoms with E-state index in [9.17, 15) is 0 Å². The maximum Gasteiger partial charge on any atom is 0.105 e. The second kappa shape index (κ2) is 4.75. The number of para-hydroxylation sites is 1. The van der Waals surface area contributed by atoms with E-state index in [2.05, 4.69) is 28.3 Å². The topological polar surface area (TPSA) is 59.6 Å². The van der Waals surface area contributed by atoms with Gasteiger partial charge in [-0.1, -0.05) is 30.0 Å². The molecule has 2 aromatic heterocycles. The van der Waals surface area contributed by atoms with Crippen molar-refractivity contribution in [2.45, 2.75) is 23.5 Å². The average molecular weight is 272 g/mol. The number of nitrogens with two attached hydrogens (primary N) is 1. The summed E-state index contributed by atoms with van der Waals surface area (Å²) in [5.41, 5.74) is 9.09. The van der Waals surface area contributed by atoms with Gasteiger partial charge in [0.15, 0.2) is 0 Å². The predicted octanol–water partition coefficient (Wildman–Crippen LogP) is 2.82. The molecule has 3 N–H and O–H groups in total. The number of fused-ring (bicyclic) bond motifs is 1. The molecule has 3 rings (SSSR count). The third-order valence-corrected chi connectivity index (χ3v) is 4.35. The maximum atomic E-state index is 5.82. The van der Waals surface area contributed by atoms with Crippen molar-refractivity contribution in [1.82, 2.24) is 14.8 Å². The van der Waals surface area contributed by atoms with Crippen LogP contribution >= 0.6 is 11.8 Å². The Morgan fingerprint density at radius 3 is 2.89 bits per heavy atom. The van der Waals surface area contributed by atoms with Crippen LogP contribution in [0, 0.1) is 6.92 Å². The first kappa shape index (κ1) is 12.3. The number of hydrogen-bond acceptors (Lipinski definition) is 3. The minimum Gasteiger partial charge on any atom is -0.349 e. The zero-order valence-electron chi connectivity index (χ0n) is 11.0. The average Bonchev–Trinajstić information content (AvgIpc) is 2.91. The van der Waals surface area contributed by atoms with Gasteiger partial charge in [0.25, 0.3) is 0 Å². The summed E-state index contributed by atoms with van der Waals surface area (Å²) in [4.78, 5) is 3.41. The molecule has 0 aliphatic carbocycles. The quantitative estimate of drug-likeness (QED) is 0.770. The number of nitrogens with one attached hydrogen (secondary N) is 1. The second-order valence-corrected chi connectivity index (χ2v) is 5.55. The van der Waals surface area contributed by atoms with E-state index in [1.54, 1.807) is 11.8 Å². The highest BCUT2D eigenvalue weighted by Gasteiger charge is 2.14. The van der Waals surface area contributed by atoms with Crippen molar-refractivity contribution >= 4 is 22.7 Å². The first-order valence-corrected chi connectivity index (χ1v) is 6.99. The molecule has 98 valence electrons. The van der Waals surface area contributed by atoms with Crippen LogP contribution in [-0.2, 0) is 13.6 Å². The molecule has 0 saturated heterocycles. The van der Waals surface area contributed by atoms with E-state index < -0.39 is 0 Å². The standard InChI is InChI=1S/C14H16N4S/c1-9-11(8-15)14(18(2)17-9)19-13-7-10-5-3-4-6-12(10)16-13/h3-7,16H,8,15H2,1-2H3. The Kier molecular flexibility index (Phi) is 3.08. The zero-order chi connectivity index (χ0) is 13.4. The lowest BCUT2D eigenvalue weighted by Gasteiger charge is -2.02. The summed E-state index contributed by atoms with van der Waals surface area (Å²) in [5, 5.41) is 7.87. The Hall–Kier alpha value is -1.72. The molecule has 4 nitrogen and oxygen atoms in total. The van der Waals surface area contributed by atoms with E-state index in [1.807, 2.05) is 30.8 Å². The first-order valence-electron chi connectivity index (χ1n) is 6.17. The SMILES string of the molecule is Cc1nn(C)c(Sc2cc3ccccc3[nH]2)c1CN. The molecule has 0 aliphatic rings. The van der Waals surface area contributed by atoms with Gasteiger partial charge in [0.05, 0.1) is 10.7 Å². The van der Waals surface area contributed by atoms with Gasteiger partial charge in [-0.05, 0) is 19.1 Å². The van der Waals surface area contributed by atoms with Gasteiger partial charge >= 0.3 is 0 Å². The van der Waals surface area contributed by atoms with Crippen molar-refractivity contribution in [1.29, 1.82) is 0 Å². The first-order chi connectivity index (χ1) is 9.19. The van der Waals surface area contributed by atoms with E-state index >= 15 is 0 Å². The Morgan fingerprint density at radius 1 is 1.37 bits per heavy atom. The van der Waals surface area contributed by atoms with E-state index in [-0.39, 0.29) is 0 Å². The summed E-state index contributed by atoms with van der Waals surface area (Å²) in [6.45, 7) is 2.51. The van der Waals surface area contributed by atoms with Crippen molar-refractivity contribution < 1.29 is 0 Å². The Morgan fingerprint density at radius 2 is 2.16 bits per heavy atom. The largest absolute Gasteiger partial charge is 0.349 e. The van der Waals surface area contributed by atoms with Crippen molar-refractivity contribution in [3.05, 3.63) is 41.6 Å². The molecule has 0 bridgehead atoms. The van der Waals surface area contributed by atoms with Crippen LogP contribution in [0.25, 0.3) is 10.9 Å². The van der Waals surface area contributed by atoms with Crippen molar-refractivity contribution in [2.75, 3.05) is 0 Å². The van der Waals surface area contributed by atoms with E-state index in [0.717, 1.165) is 26.8 Å². The third kappa shape index (κ3) is 2.15. The summed E-state index contributed by atoms with van der Waals surface area (Å²) in [7, 11) is 1.96. The van der Waals surface area contributed by atoms with Gasteiger partial charge in [-0.2, -0.15) is 5.10 Å². The fourth-order valence-corrected chi connectivity index (χ4v) is 3.33. The molecule has 0 fully saturated rings. The molecule has 19 heavy (non-hydrogen) atoms. The van der Waals surface area contributed by atoms with Crippen molar-refractivity contribution in [2.24, 2.45) is 12.8 Å². The molecule has 0 unspecified atom stereocenters. The maximum absolute atomic E-state index is 5.82. The summed E-state index contributed by atoms with van der Waals surface area (Å²) in [6, 6.07) is 10.4. The lowest BCUT2D eigenvalue weighted by Crippen LogP contribution is -1.99. The number of benzene rings is 1. The van der Waals surface area contributed by atoms with Gasteiger partial charge in [-0.25, -0.2) is 0 Å². The Bertz CT molecular complexity index is 693. The minimum absolute atomic E-state index is 0.516. The van der Waals surface area contributed by atoms with Gasteiger partial charge < -0.3 is 10.7 Å². The summed E-state index contributed by atoms with van der Waals surface area (Å²) in [6.07, 6.45) is 0. The van der Waals surface area contributed by atoms with E-state index in [4.69, 9.17) is 5.73 Å². The van der Waals surface area contributed by atoms with Gasteiger partial charge in [0, 0.05) is 30.1 Å². The summed E-state index contributed by atoms with van der Waals surface area (Å²) in [5.74, 6) is 0. The number of hydrogen-bond donors (Lipinski definition) is 2. The van der Waals surface area contributed by atoms with Crippen LogP contribution < -0.4 is 5.73 Å². The second-order valence-electron chi connectivity index (χ2n) is 4.52. The summed E-state index contributed by atoms with van der Waals surface area (Å²) < 4.78 is 1.90. The number of rotatable bonds is 3. The molecule has 0 aliphatic heterocycles. The van der Waals surface area contributed by atoms with Crippen molar-refractivity contribution in [3.8, 4) is 0 Å². The molecule has 3 aromatic rings. The Balaban J connectivity index is 2.01. The van der Waals surface area contributed by atoms with Crippen LogP contribution in [0.3, 0.4) is 0 Å². The number of H-pyrrole nitrogens is 1. The lowest BCUT2D eigenvalue weighted by molar-refractivity contribution is 0.688. The minimum atomic E-state index is 0.516. The third-order valence-electron chi connectivity index (χ3n) is 3.20. The summed E-state index contributed by atoms with van der Waals surface area (Å²) >= 11 is 1.68. The van der Waals surface area contributed by atoms with E-state index in [0.29, 0.717) is 6.54 Å². The molecule has 0 radical (unpaired) electrons. The molecule has 1 aromatic carbocycles. The number of aryl methyl sites for hydroxylation is 2. The molecule has 0 atom stereocenters. The van der Waals surface area contributed by atoms with Crippen LogP contribution in [0.1, 0.15) is 11.3 Å². The van der Waals surface area contributed by atoms with E-state index in [1.165, 1.54) is 5.39 Å². The van der Waals surface area contributed by atoms with Crippen molar-refractivity contribution in [3.63, 3.8) is 0 Å². The number of aromatic amines is 1.